The van der Waals surface area contributed by atoms with Gasteiger partial charge < -0.3 is 9.67 Å². The zero-order valence-electron chi connectivity index (χ0n) is 14.5. The minimum Gasteiger partial charge on any atom is -0.503 e. The largest absolute Gasteiger partial charge is 0.503 e. The van der Waals surface area contributed by atoms with Gasteiger partial charge in [0.15, 0.2) is 5.75 Å². The van der Waals surface area contributed by atoms with Gasteiger partial charge in [0.05, 0.1) is 6.20 Å². The second-order valence-electron chi connectivity index (χ2n) is 8.57. The van der Waals surface area contributed by atoms with Crippen LogP contribution in [0.5, 0.6) is 5.75 Å². The van der Waals surface area contributed by atoms with E-state index in [9.17, 15) is 9.90 Å². The molecule has 2 bridgehead atoms. The summed E-state index contributed by atoms with van der Waals surface area (Å²) in [6.45, 7) is 13.4. The first-order chi connectivity index (χ1) is 10.7. The van der Waals surface area contributed by atoms with E-state index in [2.05, 4.69) is 32.3 Å². The number of nitrogens with zero attached hydrogens (tertiary/aromatic N) is 2. The Morgan fingerprint density at radius 3 is 2.83 bits per heavy atom. The van der Waals surface area contributed by atoms with Crippen LogP contribution in [-0.2, 0) is 13.1 Å². The number of hydrogen-bond acceptors (Lipinski definition) is 3. The molecule has 0 radical (unpaired) electrons. The zero-order chi connectivity index (χ0) is 16.8. The van der Waals surface area contributed by atoms with E-state index in [-0.39, 0.29) is 11.2 Å². The van der Waals surface area contributed by atoms with Crippen molar-refractivity contribution in [2.75, 3.05) is 6.54 Å². The molecule has 2 atom stereocenters. The molecule has 3 rings (SSSR count). The molecule has 2 unspecified atom stereocenters. The number of aromatic hydroxyl groups is 1. The van der Waals surface area contributed by atoms with Crippen LogP contribution in [0.1, 0.15) is 45.7 Å². The Balaban J connectivity index is 1.87. The summed E-state index contributed by atoms with van der Waals surface area (Å²) in [6, 6.07) is 2.17. The molecule has 2 aliphatic rings. The maximum atomic E-state index is 11.9. The van der Waals surface area contributed by atoms with E-state index >= 15 is 0 Å². The van der Waals surface area contributed by atoms with E-state index in [1.54, 1.807) is 12.1 Å². The standard InChI is InChI=1S/C19H28N2O2/c1-5-6-20-11-17(23)16(22)7-14(20)10-21-13-19(4)9-15(21)8-18(2,3)12-19/h5,7,11,15,23H,1,6,8-10,12-13H2,2-4H3. The molecule has 4 heteroatoms. The molecule has 0 aromatic carbocycles. The lowest BCUT2D eigenvalue weighted by atomic mass is 9.65. The van der Waals surface area contributed by atoms with Gasteiger partial charge in [-0.2, -0.15) is 0 Å². The first-order valence-corrected chi connectivity index (χ1v) is 8.49. The molecule has 1 N–H and O–H groups in total. The monoisotopic (exact) mass is 316 g/mol. The molecule has 1 aliphatic carbocycles. The Morgan fingerprint density at radius 2 is 2.13 bits per heavy atom. The van der Waals surface area contributed by atoms with Crippen molar-refractivity contribution in [1.29, 1.82) is 0 Å². The van der Waals surface area contributed by atoms with Crippen molar-refractivity contribution < 1.29 is 5.11 Å². The van der Waals surface area contributed by atoms with Gasteiger partial charge in [-0.05, 0) is 30.1 Å². The molecule has 1 aliphatic heterocycles. The van der Waals surface area contributed by atoms with Gasteiger partial charge in [0.1, 0.15) is 0 Å². The summed E-state index contributed by atoms with van der Waals surface area (Å²) in [5, 5.41) is 9.69. The SMILES string of the molecule is C=CCn1cc(O)c(=O)cc1CN1CC2(C)CC1CC(C)(C)C2. The van der Waals surface area contributed by atoms with E-state index in [1.165, 1.54) is 25.5 Å². The van der Waals surface area contributed by atoms with E-state index < -0.39 is 0 Å². The van der Waals surface area contributed by atoms with Gasteiger partial charge in [0.25, 0.3) is 0 Å². The van der Waals surface area contributed by atoms with Crippen molar-refractivity contribution in [2.45, 2.75) is 59.2 Å². The lowest BCUT2D eigenvalue weighted by Crippen LogP contribution is -2.35. The van der Waals surface area contributed by atoms with Crippen LogP contribution < -0.4 is 5.43 Å². The second kappa shape index (κ2) is 5.52. The normalized spacial score (nSPS) is 29.6. The summed E-state index contributed by atoms with van der Waals surface area (Å²) in [5.74, 6) is -0.191. The van der Waals surface area contributed by atoms with Gasteiger partial charge in [0, 0.05) is 37.4 Å². The maximum absolute atomic E-state index is 11.9. The number of pyridine rings is 1. The van der Waals surface area contributed by atoms with Crippen LogP contribution in [0, 0.1) is 10.8 Å². The summed E-state index contributed by atoms with van der Waals surface area (Å²) < 4.78 is 1.93. The Hall–Kier alpha value is -1.55. The van der Waals surface area contributed by atoms with Crippen molar-refractivity contribution in [3.63, 3.8) is 0 Å². The van der Waals surface area contributed by atoms with Crippen LogP contribution in [0.3, 0.4) is 0 Å². The fraction of sp³-hybridized carbons (Fsp3) is 0.632. The number of hydrogen-bond donors (Lipinski definition) is 1. The third kappa shape index (κ3) is 3.23. The van der Waals surface area contributed by atoms with E-state index in [4.69, 9.17) is 0 Å². The van der Waals surface area contributed by atoms with Crippen LogP contribution >= 0.6 is 0 Å². The molecule has 23 heavy (non-hydrogen) atoms. The molecular weight excluding hydrogens is 288 g/mol. The van der Waals surface area contributed by atoms with Crippen molar-refractivity contribution in [3.8, 4) is 5.75 Å². The van der Waals surface area contributed by atoms with Crippen molar-refractivity contribution >= 4 is 0 Å². The van der Waals surface area contributed by atoms with Gasteiger partial charge in [-0.15, -0.1) is 6.58 Å². The summed E-state index contributed by atoms with van der Waals surface area (Å²) in [6.07, 6.45) is 7.06. The highest BCUT2D eigenvalue weighted by molar-refractivity contribution is 5.21. The van der Waals surface area contributed by atoms with E-state index in [0.29, 0.717) is 23.4 Å². The van der Waals surface area contributed by atoms with Gasteiger partial charge >= 0.3 is 0 Å². The molecule has 1 saturated heterocycles. The quantitative estimate of drug-likeness (QED) is 0.868. The van der Waals surface area contributed by atoms with Gasteiger partial charge in [-0.25, -0.2) is 0 Å². The Morgan fingerprint density at radius 1 is 1.39 bits per heavy atom. The van der Waals surface area contributed by atoms with Crippen LogP contribution in [-0.4, -0.2) is 27.2 Å². The molecular formula is C19H28N2O2. The smallest absolute Gasteiger partial charge is 0.223 e. The number of likely N-dealkylation sites (tertiary alicyclic amines) is 1. The Bertz CT molecular complexity index is 676. The fourth-order valence-corrected chi connectivity index (χ4v) is 5.02. The fourth-order valence-electron chi connectivity index (χ4n) is 5.02. The third-order valence-electron chi connectivity index (χ3n) is 5.41. The molecule has 1 aromatic heterocycles. The molecule has 1 aromatic rings. The lowest BCUT2D eigenvalue weighted by molar-refractivity contribution is 0.126. The predicted octanol–water partition coefficient (Wildman–Crippen LogP) is 3.14. The lowest BCUT2D eigenvalue weighted by Gasteiger charge is -2.40. The summed E-state index contributed by atoms with van der Waals surface area (Å²) in [5.41, 5.74) is 1.44. The summed E-state index contributed by atoms with van der Waals surface area (Å²) in [7, 11) is 0. The van der Waals surface area contributed by atoms with Gasteiger partial charge in [-0.3, -0.25) is 9.69 Å². The van der Waals surface area contributed by atoms with Gasteiger partial charge in [-0.1, -0.05) is 26.8 Å². The Labute approximate surface area is 138 Å². The number of fused-ring (bicyclic) bond motifs is 2. The third-order valence-corrected chi connectivity index (χ3v) is 5.41. The van der Waals surface area contributed by atoms with E-state index in [1.807, 2.05) is 4.57 Å². The average molecular weight is 316 g/mol. The molecule has 126 valence electrons. The van der Waals surface area contributed by atoms with Crippen molar-refractivity contribution in [1.82, 2.24) is 9.47 Å². The average Bonchev–Trinajstić information content (AvgIpc) is 2.64. The van der Waals surface area contributed by atoms with Crippen molar-refractivity contribution in [2.24, 2.45) is 10.8 Å². The Kier molecular flexibility index (Phi) is 3.91. The zero-order valence-corrected chi connectivity index (χ0v) is 14.5. The van der Waals surface area contributed by atoms with Crippen LogP contribution in [0.15, 0.2) is 29.7 Å². The molecule has 2 fully saturated rings. The minimum absolute atomic E-state index is 0.191. The molecule has 2 heterocycles. The first kappa shape index (κ1) is 16.3. The van der Waals surface area contributed by atoms with Crippen LogP contribution in [0.2, 0.25) is 0 Å². The molecule has 4 nitrogen and oxygen atoms in total. The first-order valence-electron chi connectivity index (χ1n) is 8.49. The number of aromatic nitrogens is 1. The van der Waals surface area contributed by atoms with E-state index in [0.717, 1.165) is 18.8 Å². The summed E-state index contributed by atoms with van der Waals surface area (Å²) >= 11 is 0. The maximum Gasteiger partial charge on any atom is 0.223 e. The summed E-state index contributed by atoms with van der Waals surface area (Å²) in [4.78, 5) is 14.4. The topological polar surface area (TPSA) is 45.5 Å². The minimum atomic E-state index is -0.297. The highest BCUT2D eigenvalue weighted by Crippen LogP contribution is 2.52. The van der Waals surface area contributed by atoms with Crippen LogP contribution in [0.4, 0.5) is 0 Å². The highest BCUT2D eigenvalue weighted by Gasteiger charge is 2.49. The second-order valence-corrected chi connectivity index (χ2v) is 8.57. The molecule has 0 amide bonds. The van der Waals surface area contributed by atoms with Crippen molar-refractivity contribution in [3.05, 3.63) is 40.8 Å². The van der Waals surface area contributed by atoms with Gasteiger partial charge in [0.2, 0.25) is 5.43 Å². The predicted molar refractivity (Wildman–Crippen MR) is 92.5 cm³/mol. The molecule has 0 spiro atoms. The van der Waals surface area contributed by atoms with Crippen LogP contribution in [0.25, 0.3) is 0 Å². The molecule has 1 saturated carbocycles. The highest BCUT2D eigenvalue weighted by atomic mass is 16.3. The number of rotatable bonds is 4. The number of allylic oxidation sites excluding steroid dienone is 1.